The summed E-state index contributed by atoms with van der Waals surface area (Å²) in [5.74, 6) is -1.29. The van der Waals surface area contributed by atoms with E-state index in [2.05, 4.69) is 9.88 Å². The van der Waals surface area contributed by atoms with E-state index in [0.717, 1.165) is 19.6 Å². The summed E-state index contributed by atoms with van der Waals surface area (Å²) in [5, 5.41) is 9.24. The second-order valence-electron chi connectivity index (χ2n) is 5.77. The van der Waals surface area contributed by atoms with Crippen molar-refractivity contribution in [1.82, 2.24) is 14.8 Å². The molecule has 24 heavy (non-hydrogen) atoms. The molecule has 6 nitrogen and oxygen atoms in total. The minimum Gasteiger partial charge on any atom is -0.478 e. The number of carbonyl (C=O) groups excluding carboxylic acids is 1. The number of rotatable bonds is 4. The van der Waals surface area contributed by atoms with Gasteiger partial charge in [0.05, 0.1) is 11.1 Å². The topological polar surface area (TPSA) is 73.7 Å². The number of aromatic nitrogens is 1. The summed E-state index contributed by atoms with van der Waals surface area (Å²) in [6.45, 7) is 3.55. The minimum atomic E-state index is -1.07. The van der Waals surface area contributed by atoms with Gasteiger partial charge in [0.1, 0.15) is 0 Å². The largest absolute Gasteiger partial charge is 0.478 e. The van der Waals surface area contributed by atoms with Crippen LogP contribution in [0, 0.1) is 0 Å². The summed E-state index contributed by atoms with van der Waals surface area (Å²) < 4.78 is 0. The molecule has 0 saturated carbocycles. The molecule has 0 bridgehead atoms. The average molecular weight is 325 g/mol. The Morgan fingerprint density at radius 2 is 1.58 bits per heavy atom. The lowest BCUT2D eigenvalue weighted by atomic mass is 10.1. The molecule has 2 heterocycles. The van der Waals surface area contributed by atoms with Crippen molar-refractivity contribution >= 4 is 11.9 Å². The van der Waals surface area contributed by atoms with Crippen molar-refractivity contribution in [3.8, 4) is 0 Å². The Morgan fingerprint density at radius 1 is 0.958 bits per heavy atom. The molecule has 2 aromatic rings. The highest BCUT2D eigenvalue weighted by molar-refractivity contribution is 6.04. The standard InChI is InChI=1S/C18H19N3O3/c22-17(15-3-1-2-4-16(15)18(23)24)21-11-9-20(10-12-21)13-14-5-7-19-8-6-14/h1-8H,9-13H2,(H,23,24). The predicted octanol–water partition coefficient (Wildman–Crippen LogP) is 1.74. The fourth-order valence-corrected chi connectivity index (χ4v) is 2.88. The summed E-state index contributed by atoms with van der Waals surface area (Å²) in [7, 11) is 0. The van der Waals surface area contributed by atoms with Crippen LogP contribution in [0.5, 0.6) is 0 Å². The second kappa shape index (κ2) is 7.23. The van der Waals surface area contributed by atoms with Crippen molar-refractivity contribution < 1.29 is 14.7 Å². The molecule has 0 spiro atoms. The van der Waals surface area contributed by atoms with Gasteiger partial charge in [-0.05, 0) is 29.8 Å². The van der Waals surface area contributed by atoms with Crippen LogP contribution in [0.3, 0.4) is 0 Å². The molecule has 1 fully saturated rings. The SMILES string of the molecule is O=C(O)c1ccccc1C(=O)N1CCN(Cc2ccncc2)CC1. The molecule has 1 amide bonds. The van der Waals surface area contributed by atoms with Crippen LogP contribution in [-0.4, -0.2) is 57.9 Å². The molecule has 1 aromatic carbocycles. The van der Waals surface area contributed by atoms with Gasteiger partial charge in [-0.3, -0.25) is 14.7 Å². The zero-order valence-corrected chi connectivity index (χ0v) is 13.3. The van der Waals surface area contributed by atoms with Gasteiger partial charge in [0.25, 0.3) is 5.91 Å². The third-order valence-electron chi connectivity index (χ3n) is 4.20. The van der Waals surface area contributed by atoms with Gasteiger partial charge in [-0.25, -0.2) is 4.79 Å². The van der Waals surface area contributed by atoms with E-state index in [1.54, 1.807) is 35.5 Å². The van der Waals surface area contributed by atoms with Crippen LogP contribution in [0.25, 0.3) is 0 Å². The van der Waals surface area contributed by atoms with E-state index in [4.69, 9.17) is 0 Å². The number of carboxylic acids is 1. The number of aromatic carboxylic acids is 1. The van der Waals surface area contributed by atoms with Crippen LogP contribution in [0.2, 0.25) is 0 Å². The van der Waals surface area contributed by atoms with Crippen LogP contribution >= 0.6 is 0 Å². The number of hydrogen-bond acceptors (Lipinski definition) is 4. The highest BCUT2D eigenvalue weighted by atomic mass is 16.4. The summed E-state index contributed by atoms with van der Waals surface area (Å²) in [5.41, 5.74) is 1.51. The van der Waals surface area contributed by atoms with E-state index >= 15 is 0 Å². The van der Waals surface area contributed by atoms with Crippen molar-refractivity contribution in [2.45, 2.75) is 6.54 Å². The fraction of sp³-hybridized carbons (Fsp3) is 0.278. The van der Waals surface area contributed by atoms with Gasteiger partial charge in [0, 0.05) is 45.1 Å². The number of piperazine rings is 1. The Balaban J connectivity index is 1.62. The Hall–Kier alpha value is -2.73. The predicted molar refractivity (Wildman–Crippen MR) is 88.8 cm³/mol. The van der Waals surface area contributed by atoms with Crippen molar-refractivity contribution in [3.63, 3.8) is 0 Å². The first kappa shape index (κ1) is 16.1. The maximum Gasteiger partial charge on any atom is 0.336 e. The first-order chi connectivity index (χ1) is 11.6. The van der Waals surface area contributed by atoms with Crippen LogP contribution < -0.4 is 0 Å². The summed E-state index contributed by atoms with van der Waals surface area (Å²) in [6.07, 6.45) is 3.55. The van der Waals surface area contributed by atoms with Crippen molar-refractivity contribution in [3.05, 3.63) is 65.5 Å². The van der Waals surface area contributed by atoms with E-state index < -0.39 is 5.97 Å². The number of carboxylic acid groups (broad SMARTS) is 1. The van der Waals surface area contributed by atoms with E-state index in [1.807, 2.05) is 12.1 Å². The molecule has 0 radical (unpaired) electrons. The van der Waals surface area contributed by atoms with Crippen molar-refractivity contribution in [1.29, 1.82) is 0 Å². The van der Waals surface area contributed by atoms with E-state index in [-0.39, 0.29) is 17.0 Å². The Bertz CT molecular complexity index is 725. The van der Waals surface area contributed by atoms with Crippen LogP contribution in [-0.2, 0) is 6.54 Å². The van der Waals surface area contributed by atoms with Gasteiger partial charge in [-0.2, -0.15) is 0 Å². The molecule has 3 rings (SSSR count). The average Bonchev–Trinajstić information content (AvgIpc) is 2.62. The molecule has 124 valence electrons. The Labute approximate surface area is 140 Å². The monoisotopic (exact) mass is 325 g/mol. The van der Waals surface area contributed by atoms with Crippen LogP contribution in [0.4, 0.5) is 0 Å². The van der Waals surface area contributed by atoms with Gasteiger partial charge in [-0.15, -0.1) is 0 Å². The lowest BCUT2D eigenvalue weighted by Crippen LogP contribution is -2.48. The zero-order chi connectivity index (χ0) is 16.9. The summed E-state index contributed by atoms with van der Waals surface area (Å²) in [4.78, 5) is 31.9. The molecule has 1 N–H and O–H groups in total. The number of hydrogen-bond donors (Lipinski definition) is 1. The van der Waals surface area contributed by atoms with Crippen molar-refractivity contribution in [2.75, 3.05) is 26.2 Å². The molecule has 6 heteroatoms. The number of pyridine rings is 1. The fourth-order valence-electron chi connectivity index (χ4n) is 2.88. The molecule has 0 unspecified atom stereocenters. The summed E-state index contributed by atoms with van der Waals surface area (Å²) in [6, 6.07) is 10.3. The van der Waals surface area contributed by atoms with Crippen LogP contribution in [0.1, 0.15) is 26.3 Å². The number of amides is 1. The van der Waals surface area contributed by atoms with E-state index in [9.17, 15) is 14.7 Å². The first-order valence-corrected chi connectivity index (χ1v) is 7.88. The quantitative estimate of drug-likeness (QED) is 0.927. The molecule has 1 aliphatic rings. The molecule has 1 saturated heterocycles. The molecule has 1 aromatic heterocycles. The van der Waals surface area contributed by atoms with Crippen molar-refractivity contribution in [2.24, 2.45) is 0 Å². The minimum absolute atomic E-state index is 0.0571. The molecular weight excluding hydrogens is 306 g/mol. The molecule has 0 aliphatic carbocycles. The normalized spacial score (nSPS) is 15.2. The first-order valence-electron chi connectivity index (χ1n) is 7.88. The number of carbonyl (C=O) groups is 2. The Morgan fingerprint density at radius 3 is 2.21 bits per heavy atom. The smallest absolute Gasteiger partial charge is 0.336 e. The van der Waals surface area contributed by atoms with Crippen LogP contribution in [0.15, 0.2) is 48.8 Å². The van der Waals surface area contributed by atoms with E-state index in [0.29, 0.717) is 13.1 Å². The maximum absolute atomic E-state index is 12.6. The summed E-state index contributed by atoms with van der Waals surface area (Å²) >= 11 is 0. The molecule has 1 aliphatic heterocycles. The molecule has 0 atom stereocenters. The van der Waals surface area contributed by atoms with Gasteiger partial charge in [0.2, 0.25) is 0 Å². The second-order valence-corrected chi connectivity index (χ2v) is 5.77. The van der Waals surface area contributed by atoms with Gasteiger partial charge in [-0.1, -0.05) is 12.1 Å². The zero-order valence-electron chi connectivity index (χ0n) is 13.3. The van der Waals surface area contributed by atoms with Gasteiger partial charge < -0.3 is 10.0 Å². The Kier molecular flexibility index (Phi) is 4.86. The highest BCUT2D eigenvalue weighted by Gasteiger charge is 2.25. The number of nitrogens with zero attached hydrogens (tertiary/aromatic N) is 3. The maximum atomic E-state index is 12.6. The third kappa shape index (κ3) is 3.60. The third-order valence-corrected chi connectivity index (χ3v) is 4.20. The molecular formula is C18H19N3O3. The van der Waals surface area contributed by atoms with Gasteiger partial charge >= 0.3 is 5.97 Å². The van der Waals surface area contributed by atoms with E-state index in [1.165, 1.54) is 11.6 Å². The lowest BCUT2D eigenvalue weighted by molar-refractivity contribution is 0.0609. The lowest BCUT2D eigenvalue weighted by Gasteiger charge is -2.35. The number of benzene rings is 1. The highest BCUT2D eigenvalue weighted by Crippen LogP contribution is 2.15. The van der Waals surface area contributed by atoms with Gasteiger partial charge in [0.15, 0.2) is 0 Å².